The number of carbonyl (C=O) groups is 1. The topological polar surface area (TPSA) is 117 Å². The number of fused-ring (bicyclic) bond motifs is 1. The molecule has 7 nitrogen and oxygen atoms in total. The van der Waals surface area contributed by atoms with Gasteiger partial charge in [-0.15, -0.1) is 11.3 Å². The van der Waals surface area contributed by atoms with Gasteiger partial charge < -0.3 is 21.0 Å². The molecule has 3 rings (SSSR count). The molecule has 0 bridgehead atoms. The van der Waals surface area contributed by atoms with Crippen molar-refractivity contribution in [1.82, 2.24) is 20.3 Å². The molecular weight excluding hydrogens is 302 g/mol. The number of benzene rings is 1. The van der Waals surface area contributed by atoms with Crippen LogP contribution in [0.1, 0.15) is 16.1 Å². The average Bonchev–Trinajstić information content (AvgIpc) is 2.97. The Balaban J connectivity index is 1.64. The molecule has 22 heavy (non-hydrogen) atoms. The Morgan fingerprint density at radius 2 is 2.14 bits per heavy atom. The molecule has 0 spiro atoms. The second-order valence-corrected chi connectivity index (χ2v) is 6.09. The lowest BCUT2D eigenvalue weighted by atomic mass is 10.2. The molecule has 3 aromatic rings. The summed E-state index contributed by atoms with van der Waals surface area (Å²) in [7, 11) is 0. The normalized spacial score (nSPS) is 11.0. The number of aromatic nitrogens is 3. The highest BCUT2D eigenvalue weighted by Gasteiger charge is 2.10. The molecule has 114 valence electrons. The summed E-state index contributed by atoms with van der Waals surface area (Å²) in [5, 5.41) is 3.33. The van der Waals surface area contributed by atoms with Crippen LogP contribution < -0.4 is 16.7 Å². The molecule has 0 unspecified atom stereocenters. The smallest absolute Gasteiger partial charge is 0.323 e. The van der Waals surface area contributed by atoms with Crippen molar-refractivity contribution in [1.29, 1.82) is 0 Å². The number of H-pyrrole nitrogens is 2. The first-order valence-corrected chi connectivity index (χ1v) is 7.52. The summed E-state index contributed by atoms with van der Waals surface area (Å²) in [6.07, 6.45) is 0.268. The Kier molecular flexibility index (Phi) is 3.68. The third-order valence-electron chi connectivity index (χ3n) is 3.30. The maximum Gasteiger partial charge on any atom is 0.323 e. The van der Waals surface area contributed by atoms with Crippen LogP contribution in [-0.4, -0.2) is 20.9 Å². The van der Waals surface area contributed by atoms with Gasteiger partial charge in [0.05, 0.1) is 23.1 Å². The van der Waals surface area contributed by atoms with Crippen molar-refractivity contribution in [3.05, 3.63) is 44.8 Å². The van der Waals surface area contributed by atoms with Crippen LogP contribution >= 0.6 is 11.3 Å². The molecule has 2 aromatic heterocycles. The van der Waals surface area contributed by atoms with Crippen molar-refractivity contribution in [3.63, 3.8) is 0 Å². The predicted octanol–water partition coefficient (Wildman–Crippen LogP) is 1.06. The van der Waals surface area contributed by atoms with E-state index in [1.54, 1.807) is 0 Å². The van der Waals surface area contributed by atoms with Gasteiger partial charge in [-0.2, -0.15) is 0 Å². The van der Waals surface area contributed by atoms with E-state index < -0.39 is 0 Å². The van der Waals surface area contributed by atoms with Gasteiger partial charge in [-0.05, 0) is 24.6 Å². The predicted molar refractivity (Wildman–Crippen MR) is 85.7 cm³/mol. The summed E-state index contributed by atoms with van der Waals surface area (Å²) in [5.41, 5.74) is 8.56. The lowest BCUT2D eigenvalue weighted by Gasteiger charge is -2.05. The lowest BCUT2D eigenvalue weighted by molar-refractivity contribution is -0.120. The molecule has 0 aliphatic carbocycles. The number of anilines is 1. The van der Waals surface area contributed by atoms with Gasteiger partial charge in [-0.3, -0.25) is 4.79 Å². The fraction of sp³-hybridized carbons (Fsp3) is 0.214. The van der Waals surface area contributed by atoms with E-state index in [2.05, 4.69) is 20.3 Å². The van der Waals surface area contributed by atoms with Crippen molar-refractivity contribution in [2.75, 3.05) is 5.73 Å². The Morgan fingerprint density at radius 1 is 1.36 bits per heavy atom. The highest BCUT2D eigenvalue weighted by atomic mass is 32.1. The molecule has 0 saturated heterocycles. The summed E-state index contributed by atoms with van der Waals surface area (Å²) in [6.45, 7) is 2.24. The lowest BCUT2D eigenvalue weighted by Crippen LogP contribution is -2.24. The van der Waals surface area contributed by atoms with Crippen LogP contribution in [0.4, 0.5) is 5.13 Å². The highest BCUT2D eigenvalue weighted by molar-refractivity contribution is 7.15. The maximum atomic E-state index is 12.0. The fourth-order valence-electron chi connectivity index (χ4n) is 2.21. The molecule has 0 aliphatic heterocycles. The van der Waals surface area contributed by atoms with E-state index in [0.29, 0.717) is 11.7 Å². The number of nitrogens with one attached hydrogen (secondary N) is 3. The zero-order valence-electron chi connectivity index (χ0n) is 11.9. The van der Waals surface area contributed by atoms with Crippen LogP contribution in [0.2, 0.25) is 0 Å². The van der Waals surface area contributed by atoms with Crippen LogP contribution in [0.3, 0.4) is 0 Å². The van der Waals surface area contributed by atoms with E-state index in [0.717, 1.165) is 27.2 Å². The van der Waals surface area contributed by atoms with E-state index in [1.165, 1.54) is 11.3 Å². The standard InChI is InChI=1S/C14H15N5O2S/c1-7-11(22-13(15)17-7)5-12(20)16-6-8-2-3-9-10(4-8)19-14(21)18-9/h2-4H,5-6H2,1H3,(H2,15,17)(H,16,20)(H2,18,19,21). The van der Waals surface area contributed by atoms with E-state index in [4.69, 9.17) is 5.73 Å². The summed E-state index contributed by atoms with van der Waals surface area (Å²) in [5.74, 6) is -0.0885. The zero-order chi connectivity index (χ0) is 15.7. The summed E-state index contributed by atoms with van der Waals surface area (Å²) >= 11 is 1.33. The number of imidazole rings is 1. The first kappa shape index (κ1) is 14.3. The number of aryl methyl sites for hydroxylation is 1. The van der Waals surface area contributed by atoms with Gasteiger partial charge in [0, 0.05) is 11.4 Å². The minimum Gasteiger partial charge on any atom is -0.375 e. The van der Waals surface area contributed by atoms with E-state index in [1.807, 2.05) is 25.1 Å². The number of nitrogen functional groups attached to an aromatic ring is 1. The number of amides is 1. The molecule has 1 aromatic carbocycles. The number of hydrogen-bond donors (Lipinski definition) is 4. The van der Waals surface area contributed by atoms with Crippen LogP contribution in [0.5, 0.6) is 0 Å². The van der Waals surface area contributed by atoms with E-state index in [9.17, 15) is 9.59 Å². The largest absolute Gasteiger partial charge is 0.375 e. The molecule has 0 aliphatic rings. The van der Waals surface area contributed by atoms with E-state index >= 15 is 0 Å². The SMILES string of the molecule is Cc1nc(N)sc1CC(=O)NCc1ccc2[nH]c(=O)[nH]c2c1. The third-order valence-corrected chi connectivity index (χ3v) is 4.29. The zero-order valence-corrected chi connectivity index (χ0v) is 12.7. The number of aromatic amines is 2. The number of thiazole rings is 1. The molecule has 2 heterocycles. The van der Waals surface area contributed by atoms with Crippen molar-refractivity contribution >= 4 is 33.4 Å². The van der Waals surface area contributed by atoms with Crippen LogP contribution in [-0.2, 0) is 17.8 Å². The van der Waals surface area contributed by atoms with Crippen molar-refractivity contribution < 1.29 is 4.79 Å². The monoisotopic (exact) mass is 317 g/mol. The Morgan fingerprint density at radius 3 is 2.86 bits per heavy atom. The second-order valence-electron chi connectivity index (χ2n) is 4.97. The van der Waals surface area contributed by atoms with Gasteiger partial charge in [0.1, 0.15) is 0 Å². The summed E-state index contributed by atoms with van der Waals surface area (Å²) in [4.78, 5) is 33.5. The van der Waals surface area contributed by atoms with Gasteiger partial charge >= 0.3 is 5.69 Å². The molecule has 0 saturated carbocycles. The second kappa shape index (κ2) is 5.64. The Labute approximate surface area is 129 Å². The van der Waals surface area contributed by atoms with Crippen LogP contribution in [0.25, 0.3) is 11.0 Å². The van der Waals surface area contributed by atoms with Crippen molar-refractivity contribution in [2.24, 2.45) is 0 Å². The van der Waals surface area contributed by atoms with Gasteiger partial charge in [-0.1, -0.05) is 6.07 Å². The van der Waals surface area contributed by atoms with Crippen LogP contribution in [0, 0.1) is 6.92 Å². The van der Waals surface area contributed by atoms with E-state index in [-0.39, 0.29) is 18.0 Å². The molecule has 1 amide bonds. The number of carbonyl (C=O) groups excluding carboxylic acids is 1. The quantitative estimate of drug-likeness (QED) is 0.575. The summed E-state index contributed by atoms with van der Waals surface area (Å²) in [6, 6.07) is 5.51. The van der Waals surface area contributed by atoms with Crippen LogP contribution in [0.15, 0.2) is 23.0 Å². The number of nitrogens with two attached hydrogens (primary N) is 1. The minimum atomic E-state index is -0.241. The molecule has 0 atom stereocenters. The minimum absolute atomic E-state index is 0.0885. The first-order valence-electron chi connectivity index (χ1n) is 6.70. The average molecular weight is 317 g/mol. The maximum absolute atomic E-state index is 12.0. The van der Waals surface area contributed by atoms with Gasteiger partial charge in [0.2, 0.25) is 5.91 Å². The van der Waals surface area contributed by atoms with Crippen molar-refractivity contribution in [2.45, 2.75) is 19.9 Å². The summed E-state index contributed by atoms with van der Waals surface area (Å²) < 4.78 is 0. The highest BCUT2D eigenvalue weighted by Crippen LogP contribution is 2.20. The van der Waals surface area contributed by atoms with Crippen molar-refractivity contribution in [3.8, 4) is 0 Å². The molecule has 5 N–H and O–H groups in total. The fourth-order valence-corrected chi connectivity index (χ4v) is 3.04. The first-order chi connectivity index (χ1) is 10.5. The Bertz CT molecular complexity index is 892. The number of hydrogen-bond acceptors (Lipinski definition) is 5. The third kappa shape index (κ3) is 3.01. The molecular formula is C14H15N5O2S. The van der Waals surface area contributed by atoms with Gasteiger partial charge in [0.25, 0.3) is 0 Å². The molecule has 8 heteroatoms. The number of nitrogens with zero attached hydrogens (tertiary/aromatic N) is 1. The number of rotatable bonds is 4. The molecule has 0 fully saturated rings. The Hall–Kier alpha value is -2.61. The van der Waals surface area contributed by atoms with Gasteiger partial charge in [0.15, 0.2) is 5.13 Å². The van der Waals surface area contributed by atoms with Gasteiger partial charge in [-0.25, -0.2) is 9.78 Å². The molecule has 0 radical (unpaired) electrons.